The Morgan fingerprint density at radius 3 is 3.00 bits per heavy atom. The van der Waals surface area contributed by atoms with Crippen molar-refractivity contribution in [1.29, 1.82) is 0 Å². The highest BCUT2D eigenvalue weighted by Crippen LogP contribution is 2.12. The van der Waals surface area contributed by atoms with Gasteiger partial charge in [-0.3, -0.25) is 4.98 Å². The van der Waals surface area contributed by atoms with Crippen molar-refractivity contribution in [3.63, 3.8) is 0 Å². The third-order valence-corrected chi connectivity index (χ3v) is 1.58. The van der Waals surface area contributed by atoms with Crippen molar-refractivity contribution >= 4 is 0 Å². The third-order valence-electron chi connectivity index (χ3n) is 1.58. The van der Waals surface area contributed by atoms with Crippen molar-refractivity contribution < 1.29 is 14.6 Å². The Morgan fingerprint density at radius 2 is 2.38 bits per heavy atom. The Bertz CT molecular complexity index is 265. The van der Waals surface area contributed by atoms with Gasteiger partial charge in [0.2, 0.25) is 0 Å². The fraction of sp³-hybridized carbons (Fsp3) is 0.444. The summed E-state index contributed by atoms with van der Waals surface area (Å²) in [5.41, 5.74) is 0.584. The molecule has 0 fully saturated rings. The minimum atomic E-state index is -0.297. The molecule has 0 unspecified atom stereocenters. The zero-order valence-corrected chi connectivity index (χ0v) is 7.73. The largest absolute Gasteiger partial charge is 0.465 e. The molecular formula is C9H13NO3. The van der Waals surface area contributed by atoms with E-state index in [0.29, 0.717) is 11.4 Å². The van der Waals surface area contributed by atoms with Crippen LogP contribution in [-0.2, 0) is 11.3 Å². The highest BCUT2D eigenvalue weighted by Gasteiger charge is 2.01. The molecule has 1 aromatic heterocycles. The summed E-state index contributed by atoms with van der Waals surface area (Å²) in [7, 11) is 1.57. The van der Waals surface area contributed by atoms with Crippen LogP contribution in [-0.4, -0.2) is 23.5 Å². The van der Waals surface area contributed by atoms with E-state index in [4.69, 9.17) is 14.6 Å². The van der Waals surface area contributed by atoms with Gasteiger partial charge >= 0.3 is 0 Å². The first-order valence-electron chi connectivity index (χ1n) is 4.01. The second-order valence-electron chi connectivity index (χ2n) is 2.56. The predicted octanol–water partition coefficient (Wildman–Crippen LogP) is 0.945. The summed E-state index contributed by atoms with van der Waals surface area (Å²) in [5, 5.41) is 8.80. The Morgan fingerprint density at radius 1 is 1.62 bits per heavy atom. The van der Waals surface area contributed by atoms with Crippen LogP contribution in [0.3, 0.4) is 0 Å². The smallest absolute Gasteiger partial charge is 0.196 e. The molecule has 13 heavy (non-hydrogen) atoms. The van der Waals surface area contributed by atoms with Gasteiger partial charge in [-0.05, 0) is 13.0 Å². The van der Waals surface area contributed by atoms with Crippen molar-refractivity contribution in [2.75, 3.05) is 7.11 Å². The average molecular weight is 183 g/mol. The normalized spacial score (nSPS) is 12.5. The van der Waals surface area contributed by atoms with Gasteiger partial charge in [-0.15, -0.1) is 0 Å². The number of aliphatic hydroxyl groups is 1. The van der Waals surface area contributed by atoms with Crippen LogP contribution in [0.5, 0.6) is 5.75 Å². The lowest BCUT2D eigenvalue weighted by Crippen LogP contribution is -2.13. The van der Waals surface area contributed by atoms with E-state index in [0.717, 1.165) is 0 Å². The molecule has 1 aromatic rings. The molecule has 0 amide bonds. The van der Waals surface area contributed by atoms with E-state index in [-0.39, 0.29) is 12.9 Å². The lowest BCUT2D eigenvalue weighted by Gasteiger charge is -2.12. The molecular weight excluding hydrogens is 170 g/mol. The molecule has 4 heteroatoms. The molecule has 0 aromatic carbocycles. The average Bonchev–Trinajstić information content (AvgIpc) is 2.18. The van der Waals surface area contributed by atoms with Crippen LogP contribution >= 0.6 is 0 Å². The maximum atomic E-state index is 8.80. The molecule has 0 bridgehead atoms. The van der Waals surface area contributed by atoms with Crippen molar-refractivity contribution in [1.82, 2.24) is 4.98 Å². The van der Waals surface area contributed by atoms with Crippen molar-refractivity contribution in [2.45, 2.75) is 19.8 Å². The van der Waals surface area contributed by atoms with Gasteiger partial charge < -0.3 is 14.6 Å². The number of nitrogens with zero attached hydrogens (tertiary/aromatic N) is 1. The number of aliphatic hydroxyl groups excluding tert-OH is 1. The van der Waals surface area contributed by atoms with Gasteiger partial charge in [0.05, 0.1) is 12.3 Å². The minimum Gasteiger partial charge on any atom is -0.465 e. The van der Waals surface area contributed by atoms with E-state index in [1.807, 2.05) is 0 Å². The van der Waals surface area contributed by atoms with Gasteiger partial charge in [0.15, 0.2) is 6.29 Å². The zero-order valence-electron chi connectivity index (χ0n) is 7.73. The van der Waals surface area contributed by atoms with E-state index in [1.165, 1.54) is 0 Å². The summed E-state index contributed by atoms with van der Waals surface area (Å²) in [6.07, 6.45) is 1.29. The Kier molecular flexibility index (Phi) is 3.67. The number of pyridine rings is 1. The molecule has 1 heterocycles. The van der Waals surface area contributed by atoms with Gasteiger partial charge in [-0.2, -0.15) is 0 Å². The molecule has 1 atom stereocenters. The highest BCUT2D eigenvalue weighted by molar-refractivity contribution is 5.22. The molecule has 0 aliphatic carbocycles. The van der Waals surface area contributed by atoms with Crippen LogP contribution in [0.25, 0.3) is 0 Å². The fourth-order valence-electron chi connectivity index (χ4n) is 0.856. The number of methoxy groups -OCH3 is 1. The van der Waals surface area contributed by atoms with E-state index < -0.39 is 0 Å². The fourth-order valence-corrected chi connectivity index (χ4v) is 0.856. The van der Waals surface area contributed by atoms with Crippen molar-refractivity contribution in [3.05, 3.63) is 24.0 Å². The standard InChI is InChI=1S/C9H13NO3/c1-7(12-2)13-9-3-4-10-8(5-9)6-11/h3-5,7,11H,6H2,1-2H3/t7-/m0/s1. The van der Waals surface area contributed by atoms with Gasteiger partial charge in [-0.1, -0.05) is 0 Å². The quantitative estimate of drug-likeness (QED) is 0.706. The molecule has 0 spiro atoms. The lowest BCUT2D eigenvalue weighted by molar-refractivity contribution is -0.0384. The summed E-state index contributed by atoms with van der Waals surface area (Å²) in [4.78, 5) is 3.92. The van der Waals surface area contributed by atoms with Crippen molar-refractivity contribution in [3.8, 4) is 5.75 Å². The van der Waals surface area contributed by atoms with Gasteiger partial charge in [-0.25, -0.2) is 0 Å². The zero-order chi connectivity index (χ0) is 9.68. The molecule has 72 valence electrons. The Hall–Kier alpha value is -1.13. The Balaban J connectivity index is 2.66. The molecule has 0 aliphatic rings. The van der Waals surface area contributed by atoms with Gasteiger partial charge in [0.1, 0.15) is 5.75 Å². The number of hydrogen-bond acceptors (Lipinski definition) is 4. The molecule has 0 saturated carbocycles. The first-order chi connectivity index (χ1) is 6.26. The molecule has 1 N–H and O–H groups in total. The van der Waals surface area contributed by atoms with Crippen LogP contribution in [0, 0.1) is 0 Å². The van der Waals surface area contributed by atoms with E-state index in [2.05, 4.69) is 4.98 Å². The molecule has 0 saturated heterocycles. The van der Waals surface area contributed by atoms with Crippen LogP contribution < -0.4 is 4.74 Å². The first kappa shape index (κ1) is 9.95. The predicted molar refractivity (Wildman–Crippen MR) is 47.3 cm³/mol. The van der Waals surface area contributed by atoms with Crippen LogP contribution in [0.1, 0.15) is 12.6 Å². The summed E-state index contributed by atoms with van der Waals surface area (Å²) in [6, 6.07) is 3.39. The summed E-state index contributed by atoms with van der Waals surface area (Å²) < 4.78 is 10.3. The minimum absolute atomic E-state index is 0.0848. The topological polar surface area (TPSA) is 51.6 Å². The second kappa shape index (κ2) is 4.79. The summed E-state index contributed by atoms with van der Waals surface area (Å²) >= 11 is 0. The summed E-state index contributed by atoms with van der Waals surface area (Å²) in [5.74, 6) is 0.647. The number of hydrogen-bond donors (Lipinski definition) is 1. The lowest BCUT2D eigenvalue weighted by atomic mass is 10.3. The monoisotopic (exact) mass is 183 g/mol. The van der Waals surface area contributed by atoms with Crippen LogP contribution in [0.15, 0.2) is 18.3 Å². The van der Waals surface area contributed by atoms with E-state index >= 15 is 0 Å². The SMILES string of the molecule is CO[C@H](C)Oc1ccnc(CO)c1. The van der Waals surface area contributed by atoms with Gasteiger partial charge in [0.25, 0.3) is 0 Å². The molecule has 0 radical (unpaired) electrons. The Labute approximate surface area is 77.1 Å². The molecule has 1 rings (SSSR count). The second-order valence-corrected chi connectivity index (χ2v) is 2.56. The number of rotatable bonds is 4. The first-order valence-corrected chi connectivity index (χ1v) is 4.01. The third kappa shape index (κ3) is 3.01. The maximum absolute atomic E-state index is 8.80. The number of ether oxygens (including phenoxy) is 2. The molecule has 4 nitrogen and oxygen atoms in total. The van der Waals surface area contributed by atoms with Crippen LogP contribution in [0.4, 0.5) is 0 Å². The van der Waals surface area contributed by atoms with E-state index in [9.17, 15) is 0 Å². The van der Waals surface area contributed by atoms with Crippen LogP contribution in [0.2, 0.25) is 0 Å². The van der Waals surface area contributed by atoms with Gasteiger partial charge in [0, 0.05) is 19.4 Å². The summed E-state index contributed by atoms with van der Waals surface area (Å²) in [6.45, 7) is 1.71. The van der Waals surface area contributed by atoms with Crippen molar-refractivity contribution in [2.24, 2.45) is 0 Å². The molecule has 0 aliphatic heterocycles. The maximum Gasteiger partial charge on any atom is 0.196 e. The number of aromatic nitrogens is 1. The van der Waals surface area contributed by atoms with E-state index in [1.54, 1.807) is 32.4 Å². The highest BCUT2D eigenvalue weighted by atomic mass is 16.7.